The zero-order valence-corrected chi connectivity index (χ0v) is 10.4. The minimum absolute atomic E-state index is 0.0251. The molecule has 0 aliphatic carbocycles. The van der Waals surface area contributed by atoms with Gasteiger partial charge in [-0.2, -0.15) is 0 Å². The Morgan fingerprint density at radius 3 is 2.56 bits per heavy atom. The third-order valence-corrected chi connectivity index (χ3v) is 4.54. The Bertz CT molecular complexity index is 353. The summed E-state index contributed by atoms with van der Waals surface area (Å²) in [4.78, 5) is 12.9. The Labute approximate surface area is 95.9 Å². The number of carbonyl (C=O) groups excluding carboxylic acids is 1. The van der Waals surface area contributed by atoms with Gasteiger partial charge in [-0.05, 0) is 0 Å². The van der Waals surface area contributed by atoms with Gasteiger partial charge in [0.25, 0.3) is 0 Å². The average molecular weight is 250 g/mol. The van der Waals surface area contributed by atoms with E-state index >= 15 is 0 Å². The molecule has 1 aliphatic heterocycles. The lowest BCUT2D eigenvalue weighted by Crippen LogP contribution is -2.35. The van der Waals surface area contributed by atoms with Crippen LogP contribution in [0.5, 0.6) is 0 Å². The molecule has 0 aromatic heterocycles. The van der Waals surface area contributed by atoms with Crippen molar-refractivity contribution in [1.29, 1.82) is 0 Å². The number of likely N-dealkylation sites (tertiary alicyclic amines) is 1. The Kier molecular flexibility index (Phi) is 4.28. The average Bonchev–Trinajstić information content (AvgIpc) is 2.56. The summed E-state index contributed by atoms with van der Waals surface area (Å²) in [6, 6.07) is 0. The van der Waals surface area contributed by atoms with Gasteiger partial charge in [-0.15, -0.1) is 0 Å². The van der Waals surface area contributed by atoms with Crippen molar-refractivity contribution < 1.29 is 18.3 Å². The van der Waals surface area contributed by atoms with Crippen LogP contribution in [-0.2, 0) is 14.8 Å². The molecule has 94 valence electrons. The standard InChI is InChI=1S/C9H18N2O4S/c1-10(2)16(14,15)4-3-11-6-8(7-12)5-9(11)13/h8,12H,3-7H2,1-2H3. The van der Waals surface area contributed by atoms with Crippen LogP contribution in [0.2, 0.25) is 0 Å². The van der Waals surface area contributed by atoms with Gasteiger partial charge >= 0.3 is 0 Å². The quantitative estimate of drug-likeness (QED) is 0.659. The van der Waals surface area contributed by atoms with Crippen LogP contribution in [0.4, 0.5) is 0 Å². The number of sulfonamides is 1. The Morgan fingerprint density at radius 1 is 1.50 bits per heavy atom. The van der Waals surface area contributed by atoms with Crippen molar-refractivity contribution >= 4 is 15.9 Å². The molecule has 0 saturated carbocycles. The van der Waals surface area contributed by atoms with Gasteiger partial charge in [0, 0.05) is 46.1 Å². The zero-order valence-electron chi connectivity index (χ0n) is 9.59. The first-order chi connectivity index (χ1) is 7.36. The van der Waals surface area contributed by atoms with Crippen molar-refractivity contribution in [3.63, 3.8) is 0 Å². The first-order valence-corrected chi connectivity index (χ1v) is 6.76. The molecule has 1 aliphatic rings. The highest BCUT2D eigenvalue weighted by atomic mass is 32.2. The normalized spacial score (nSPS) is 22.1. The maximum Gasteiger partial charge on any atom is 0.223 e. The Hall–Kier alpha value is -0.660. The van der Waals surface area contributed by atoms with Gasteiger partial charge in [-0.1, -0.05) is 0 Å². The summed E-state index contributed by atoms with van der Waals surface area (Å²) >= 11 is 0. The summed E-state index contributed by atoms with van der Waals surface area (Å²) in [6.45, 7) is 0.636. The molecule has 1 saturated heterocycles. The maximum atomic E-state index is 11.5. The van der Waals surface area contributed by atoms with Crippen LogP contribution in [0.25, 0.3) is 0 Å². The molecule has 1 amide bonds. The molecule has 6 nitrogen and oxygen atoms in total. The molecule has 7 heteroatoms. The summed E-state index contributed by atoms with van der Waals surface area (Å²) in [5.41, 5.74) is 0. The smallest absolute Gasteiger partial charge is 0.223 e. The van der Waals surface area contributed by atoms with Gasteiger partial charge in [0.05, 0.1) is 5.75 Å². The summed E-state index contributed by atoms with van der Waals surface area (Å²) in [7, 11) is -0.317. The predicted molar refractivity (Wildman–Crippen MR) is 59.2 cm³/mol. The highest BCUT2D eigenvalue weighted by Gasteiger charge is 2.29. The van der Waals surface area contributed by atoms with Gasteiger partial charge in [-0.3, -0.25) is 4.79 Å². The zero-order chi connectivity index (χ0) is 12.3. The van der Waals surface area contributed by atoms with E-state index in [1.165, 1.54) is 19.0 Å². The van der Waals surface area contributed by atoms with Crippen molar-refractivity contribution in [1.82, 2.24) is 9.21 Å². The SMILES string of the molecule is CN(C)S(=O)(=O)CCN1CC(CO)CC1=O. The monoisotopic (exact) mass is 250 g/mol. The van der Waals surface area contributed by atoms with E-state index in [2.05, 4.69) is 0 Å². The Morgan fingerprint density at radius 2 is 2.12 bits per heavy atom. The van der Waals surface area contributed by atoms with E-state index in [9.17, 15) is 13.2 Å². The number of hydrogen-bond donors (Lipinski definition) is 1. The second-order valence-corrected chi connectivity index (χ2v) is 6.49. The Balaban J connectivity index is 2.48. The summed E-state index contributed by atoms with van der Waals surface area (Å²) in [5.74, 6) is -0.188. The van der Waals surface area contributed by atoms with Crippen LogP contribution in [0.15, 0.2) is 0 Å². The number of rotatable bonds is 5. The van der Waals surface area contributed by atoms with Crippen LogP contribution < -0.4 is 0 Å². The van der Waals surface area contributed by atoms with Crippen LogP contribution in [-0.4, -0.2) is 68.2 Å². The molecule has 1 atom stereocenters. The van der Waals surface area contributed by atoms with E-state index < -0.39 is 10.0 Å². The molecule has 0 aromatic carbocycles. The second-order valence-electron chi connectivity index (χ2n) is 4.19. The first-order valence-electron chi connectivity index (χ1n) is 5.15. The fraction of sp³-hybridized carbons (Fsp3) is 0.889. The van der Waals surface area contributed by atoms with E-state index in [1.54, 1.807) is 0 Å². The topological polar surface area (TPSA) is 77.9 Å². The van der Waals surface area contributed by atoms with Crippen molar-refractivity contribution in [3.05, 3.63) is 0 Å². The highest BCUT2D eigenvalue weighted by molar-refractivity contribution is 7.89. The molecule has 0 aromatic rings. The lowest BCUT2D eigenvalue weighted by atomic mass is 10.1. The molecule has 0 bridgehead atoms. The minimum atomic E-state index is -3.26. The molecule has 1 heterocycles. The van der Waals surface area contributed by atoms with Crippen molar-refractivity contribution in [2.24, 2.45) is 5.92 Å². The molecule has 1 rings (SSSR count). The molecule has 1 N–H and O–H groups in total. The van der Waals surface area contributed by atoms with E-state index in [4.69, 9.17) is 5.11 Å². The molecule has 1 unspecified atom stereocenters. The lowest BCUT2D eigenvalue weighted by Gasteiger charge is -2.18. The van der Waals surface area contributed by atoms with Crippen molar-refractivity contribution in [3.8, 4) is 0 Å². The van der Waals surface area contributed by atoms with Crippen LogP contribution in [0.3, 0.4) is 0 Å². The number of nitrogens with zero attached hydrogens (tertiary/aromatic N) is 2. The molecular weight excluding hydrogens is 232 g/mol. The van der Waals surface area contributed by atoms with E-state index in [0.717, 1.165) is 4.31 Å². The van der Waals surface area contributed by atoms with Crippen LogP contribution in [0, 0.1) is 5.92 Å². The summed E-state index contributed by atoms with van der Waals surface area (Å²) < 4.78 is 24.1. The predicted octanol–water partition coefficient (Wildman–Crippen LogP) is -1.28. The fourth-order valence-corrected chi connectivity index (χ4v) is 2.42. The molecule has 0 radical (unpaired) electrons. The van der Waals surface area contributed by atoms with Crippen molar-refractivity contribution in [2.45, 2.75) is 6.42 Å². The van der Waals surface area contributed by atoms with E-state index in [-0.39, 0.29) is 30.7 Å². The third kappa shape index (κ3) is 3.16. The first kappa shape index (κ1) is 13.4. The van der Waals surface area contributed by atoms with E-state index in [0.29, 0.717) is 13.0 Å². The van der Waals surface area contributed by atoms with Gasteiger partial charge < -0.3 is 10.0 Å². The van der Waals surface area contributed by atoms with Crippen molar-refractivity contribution in [2.75, 3.05) is 39.5 Å². The summed E-state index contributed by atoms with van der Waals surface area (Å²) in [5, 5.41) is 8.91. The van der Waals surface area contributed by atoms with E-state index in [1.807, 2.05) is 0 Å². The van der Waals surface area contributed by atoms with Crippen LogP contribution >= 0.6 is 0 Å². The minimum Gasteiger partial charge on any atom is -0.396 e. The second kappa shape index (κ2) is 5.11. The van der Waals surface area contributed by atoms with Crippen LogP contribution in [0.1, 0.15) is 6.42 Å². The van der Waals surface area contributed by atoms with Gasteiger partial charge in [0.15, 0.2) is 0 Å². The van der Waals surface area contributed by atoms with Gasteiger partial charge in [0.2, 0.25) is 15.9 Å². The van der Waals surface area contributed by atoms with Gasteiger partial charge in [-0.25, -0.2) is 12.7 Å². The van der Waals surface area contributed by atoms with Gasteiger partial charge in [0.1, 0.15) is 0 Å². The fourth-order valence-electron chi connectivity index (χ4n) is 1.60. The molecular formula is C9H18N2O4S. The number of hydrogen-bond acceptors (Lipinski definition) is 4. The molecule has 0 spiro atoms. The molecule has 1 fully saturated rings. The largest absolute Gasteiger partial charge is 0.396 e. The third-order valence-electron chi connectivity index (χ3n) is 2.73. The lowest BCUT2D eigenvalue weighted by molar-refractivity contribution is -0.127. The summed E-state index contributed by atoms with van der Waals surface area (Å²) in [6.07, 6.45) is 0.318. The number of amides is 1. The number of aliphatic hydroxyl groups excluding tert-OH is 1. The highest BCUT2D eigenvalue weighted by Crippen LogP contribution is 2.16. The molecule has 16 heavy (non-hydrogen) atoms. The number of aliphatic hydroxyl groups is 1. The maximum absolute atomic E-state index is 11.5. The number of carbonyl (C=O) groups is 1.